The molecule has 1 atom stereocenters. The summed E-state index contributed by atoms with van der Waals surface area (Å²) in [5.41, 5.74) is 5.68. The van der Waals surface area contributed by atoms with Gasteiger partial charge in [0, 0.05) is 25.7 Å². The Morgan fingerprint density at radius 1 is 1.28 bits per heavy atom. The van der Waals surface area contributed by atoms with Gasteiger partial charge in [0.15, 0.2) is 11.6 Å². The molecule has 0 fully saturated rings. The van der Waals surface area contributed by atoms with Gasteiger partial charge in [-0.25, -0.2) is 4.39 Å². The normalized spacial score (nSPS) is 12.4. The van der Waals surface area contributed by atoms with E-state index in [9.17, 15) is 4.39 Å². The van der Waals surface area contributed by atoms with Crippen LogP contribution in [0.4, 0.5) is 4.39 Å². The lowest BCUT2D eigenvalue weighted by Gasteiger charge is -2.16. The fourth-order valence-electron chi connectivity index (χ4n) is 1.44. The molecule has 1 heterocycles. The van der Waals surface area contributed by atoms with Crippen molar-refractivity contribution in [3.8, 4) is 5.75 Å². The lowest BCUT2D eigenvalue weighted by molar-refractivity contribution is 0.208. The summed E-state index contributed by atoms with van der Waals surface area (Å²) in [6.07, 6.45) is -0.336. The van der Waals surface area contributed by atoms with Crippen molar-refractivity contribution in [1.29, 1.82) is 0 Å². The smallest absolute Gasteiger partial charge is 0.166 e. The lowest BCUT2D eigenvalue weighted by atomic mass is 10.2. The van der Waals surface area contributed by atoms with Gasteiger partial charge in [0.1, 0.15) is 6.10 Å². The van der Waals surface area contributed by atoms with E-state index in [1.54, 1.807) is 12.1 Å². The summed E-state index contributed by atoms with van der Waals surface area (Å²) >= 11 is 8.10. The molecule has 18 heavy (non-hydrogen) atoms. The molecule has 0 saturated heterocycles. The Bertz CT molecular complexity index is 547. The monoisotopic (exact) mass is 393 g/mol. The molecule has 0 amide bonds. The van der Waals surface area contributed by atoms with E-state index in [2.05, 4.69) is 31.9 Å². The molecule has 2 N–H and O–H groups in total. The van der Waals surface area contributed by atoms with Crippen molar-refractivity contribution >= 4 is 43.2 Å². The van der Waals surface area contributed by atoms with Crippen molar-refractivity contribution in [2.45, 2.75) is 6.10 Å². The summed E-state index contributed by atoms with van der Waals surface area (Å²) in [7, 11) is 0. The van der Waals surface area contributed by atoms with E-state index < -0.39 is 5.82 Å². The standard InChI is InChI=1S/C12H10Br2FNOS/c13-7-1-2-10(9(15)3-7)17-11(5-16)12-4-8(14)6-18-12/h1-4,6,11H,5,16H2. The lowest BCUT2D eigenvalue weighted by Crippen LogP contribution is -2.17. The number of rotatable bonds is 4. The summed E-state index contributed by atoms with van der Waals surface area (Å²) in [6.45, 7) is 0.294. The molecule has 2 nitrogen and oxygen atoms in total. The van der Waals surface area contributed by atoms with E-state index in [0.29, 0.717) is 11.0 Å². The Hall–Kier alpha value is -0.430. The number of hydrogen-bond donors (Lipinski definition) is 1. The second-order valence-corrected chi connectivity index (χ2v) is 6.36. The van der Waals surface area contributed by atoms with Gasteiger partial charge in [0.05, 0.1) is 0 Å². The SMILES string of the molecule is NCC(Oc1ccc(Br)cc1F)c1cc(Br)cs1. The van der Waals surface area contributed by atoms with Gasteiger partial charge in [0.2, 0.25) is 0 Å². The van der Waals surface area contributed by atoms with Crippen LogP contribution in [0.25, 0.3) is 0 Å². The van der Waals surface area contributed by atoms with E-state index in [-0.39, 0.29) is 11.9 Å². The average Bonchev–Trinajstić information content (AvgIpc) is 2.75. The third-order valence-electron chi connectivity index (χ3n) is 2.28. The first kappa shape index (κ1) is 14.0. The largest absolute Gasteiger partial charge is 0.480 e. The van der Waals surface area contributed by atoms with Crippen LogP contribution in [0.2, 0.25) is 0 Å². The van der Waals surface area contributed by atoms with Gasteiger partial charge in [-0.1, -0.05) is 15.9 Å². The zero-order chi connectivity index (χ0) is 13.1. The average molecular weight is 395 g/mol. The molecule has 0 bridgehead atoms. The molecule has 1 aromatic heterocycles. The third kappa shape index (κ3) is 3.32. The van der Waals surface area contributed by atoms with E-state index in [0.717, 1.165) is 9.35 Å². The minimum atomic E-state index is -0.404. The molecule has 6 heteroatoms. The molecule has 0 aliphatic heterocycles. The Balaban J connectivity index is 2.20. The van der Waals surface area contributed by atoms with Crippen LogP contribution in [0.5, 0.6) is 5.75 Å². The molecule has 0 spiro atoms. The first-order valence-corrected chi connectivity index (χ1v) is 7.62. The fraction of sp³-hybridized carbons (Fsp3) is 0.167. The van der Waals surface area contributed by atoms with Crippen LogP contribution in [0, 0.1) is 5.82 Å². The predicted octanol–water partition coefficient (Wildman–Crippen LogP) is 4.49. The zero-order valence-corrected chi connectivity index (χ0v) is 13.2. The minimum absolute atomic E-state index is 0.207. The Labute approximate surface area is 125 Å². The van der Waals surface area contributed by atoms with Gasteiger partial charge < -0.3 is 10.5 Å². The Kier molecular flexibility index (Phi) is 4.77. The Morgan fingerprint density at radius 2 is 2.06 bits per heavy atom. The minimum Gasteiger partial charge on any atom is -0.480 e. The molecule has 0 radical (unpaired) electrons. The number of benzene rings is 1. The van der Waals surface area contributed by atoms with Crippen LogP contribution in [-0.4, -0.2) is 6.54 Å². The predicted molar refractivity (Wildman–Crippen MR) is 78.5 cm³/mol. The van der Waals surface area contributed by atoms with Crippen molar-refractivity contribution in [1.82, 2.24) is 0 Å². The van der Waals surface area contributed by atoms with Crippen molar-refractivity contribution in [3.63, 3.8) is 0 Å². The van der Waals surface area contributed by atoms with Crippen LogP contribution in [0.1, 0.15) is 11.0 Å². The second kappa shape index (κ2) is 6.14. The number of halogens is 3. The quantitative estimate of drug-likeness (QED) is 0.828. The van der Waals surface area contributed by atoms with Gasteiger partial charge in [-0.15, -0.1) is 11.3 Å². The van der Waals surface area contributed by atoms with E-state index >= 15 is 0 Å². The molecule has 0 aliphatic rings. The van der Waals surface area contributed by atoms with Crippen molar-refractivity contribution in [3.05, 3.63) is 49.3 Å². The maximum Gasteiger partial charge on any atom is 0.166 e. The molecular weight excluding hydrogens is 385 g/mol. The highest BCUT2D eigenvalue weighted by molar-refractivity contribution is 9.10. The molecule has 0 saturated carbocycles. The third-order valence-corrected chi connectivity index (χ3v) is 4.56. The van der Waals surface area contributed by atoms with Crippen molar-refractivity contribution in [2.24, 2.45) is 5.73 Å². The van der Waals surface area contributed by atoms with Crippen LogP contribution in [-0.2, 0) is 0 Å². The fourth-order valence-corrected chi connectivity index (χ4v) is 3.26. The second-order valence-electron chi connectivity index (χ2n) is 3.58. The van der Waals surface area contributed by atoms with Gasteiger partial charge in [-0.3, -0.25) is 0 Å². The first-order chi connectivity index (χ1) is 8.60. The maximum atomic E-state index is 13.7. The highest BCUT2D eigenvalue weighted by Gasteiger charge is 2.16. The van der Waals surface area contributed by atoms with Gasteiger partial charge in [-0.2, -0.15) is 0 Å². The van der Waals surface area contributed by atoms with Crippen molar-refractivity contribution < 1.29 is 9.13 Å². The van der Waals surface area contributed by atoms with E-state index in [4.69, 9.17) is 10.5 Å². The highest BCUT2D eigenvalue weighted by Crippen LogP contribution is 2.30. The summed E-state index contributed by atoms with van der Waals surface area (Å²) in [5.74, 6) is -0.198. The molecule has 2 rings (SSSR count). The highest BCUT2D eigenvalue weighted by atomic mass is 79.9. The van der Waals surface area contributed by atoms with Gasteiger partial charge >= 0.3 is 0 Å². The number of thiophene rings is 1. The van der Waals surface area contributed by atoms with Crippen LogP contribution in [0.3, 0.4) is 0 Å². The van der Waals surface area contributed by atoms with Crippen LogP contribution < -0.4 is 10.5 Å². The molecule has 2 aromatic rings. The zero-order valence-electron chi connectivity index (χ0n) is 9.20. The summed E-state index contributed by atoms with van der Waals surface area (Å²) in [6, 6.07) is 6.62. The van der Waals surface area contributed by atoms with E-state index in [1.807, 2.05) is 11.4 Å². The van der Waals surface area contributed by atoms with E-state index in [1.165, 1.54) is 17.4 Å². The van der Waals surface area contributed by atoms with Gasteiger partial charge in [0.25, 0.3) is 0 Å². The maximum absolute atomic E-state index is 13.7. The molecule has 96 valence electrons. The van der Waals surface area contributed by atoms with Gasteiger partial charge in [-0.05, 0) is 40.2 Å². The van der Waals surface area contributed by atoms with Crippen LogP contribution in [0.15, 0.2) is 38.6 Å². The van der Waals surface area contributed by atoms with Crippen LogP contribution >= 0.6 is 43.2 Å². The number of hydrogen-bond acceptors (Lipinski definition) is 3. The summed E-state index contributed by atoms with van der Waals surface area (Å²) in [4.78, 5) is 0.965. The molecule has 1 aromatic carbocycles. The topological polar surface area (TPSA) is 35.2 Å². The molecular formula is C12H10Br2FNOS. The molecule has 1 unspecified atom stereocenters. The number of nitrogens with two attached hydrogens (primary N) is 1. The first-order valence-electron chi connectivity index (χ1n) is 5.16. The number of ether oxygens (including phenoxy) is 1. The molecule has 0 aliphatic carbocycles. The van der Waals surface area contributed by atoms with Crippen molar-refractivity contribution in [2.75, 3.05) is 6.54 Å². The summed E-state index contributed by atoms with van der Waals surface area (Å²) < 4.78 is 20.9. The summed E-state index contributed by atoms with van der Waals surface area (Å²) in [5, 5.41) is 1.94. The Morgan fingerprint density at radius 3 is 2.61 bits per heavy atom.